The smallest absolute Gasteiger partial charge is 0.306 e. The fourth-order valence-electron chi connectivity index (χ4n) is 4.23. The van der Waals surface area contributed by atoms with Crippen molar-refractivity contribution in [3.8, 4) is 0 Å². The maximum Gasteiger partial charge on any atom is 0.306 e. The van der Waals surface area contributed by atoms with Crippen LogP contribution >= 0.6 is 0 Å². The van der Waals surface area contributed by atoms with E-state index in [4.69, 9.17) is 5.11 Å². The maximum absolute atomic E-state index is 13.3. The van der Waals surface area contributed by atoms with Crippen molar-refractivity contribution < 1.29 is 19.1 Å². The molecule has 2 N–H and O–H groups in total. The number of carboxylic acids is 1. The summed E-state index contributed by atoms with van der Waals surface area (Å²) in [5.41, 5.74) is 0.265. The number of carbonyl (C=O) groups is 2. The molecule has 0 spiro atoms. The van der Waals surface area contributed by atoms with Crippen LogP contribution in [0, 0.1) is 11.7 Å². The van der Waals surface area contributed by atoms with Crippen LogP contribution in [0.5, 0.6) is 0 Å². The van der Waals surface area contributed by atoms with Crippen LogP contribution in [0.25, 0.3) is 0 Å². The molecule has 0 heterocycles. The predicted molar refractivity (Wildman–Crippen MR) is 88.1 cm³/mol. The van der Waals surface area contributed by atoms with Crippen LogP contribution in [0.4, 0.5) is 4.39 Å². The fraction of sp³-hybridized carbons (Fsp3) is 0.579. The van der Waals surface area contributed by atoms with Crippen LogP contribution in [0.2, 0.25) is 0 Å². The summed E-state index contributed by atoms with van der Waals surface area (Å²) in [6, 6.07) is 6.19. The Kier molecular flexibility index (Phi) is 4.88. The number of nitrogens with one attached hydrogen (secondary N) is 1. The van der Waals surface area contributed by atoms with Crippen molar-refractivity contribution >= 4 is 11.9 Å². The Morgan fingerprint density at radius 1 is 1.08 bits per heavy atom. The number of amides is 1. The van der Waals surface area contributed by atoms with Crippen LogP contribution in [0.3, 0.4) is 0 Å². The lowest BCUT2D eigenvalue weighted by Crippen LogP contribution is -2.48. The molecule has 0 saturated heterocycles. The molecule has 2 aliphatic rings. The van der Waals surface area contributed by atoms with E-state index in [1.54, 1.807) is 12.1 Å². The third-order valence-corrected chi connectivity index (χ3v) is 5.66. The van der Waals surface area contributed by atoms with Gasteiger partial charge in [0.05, 0.1) is 11.3 Å². The topological polar surface area (TPSA) is 66.4 Å². The van der Waals surface area contributed by atoms with Gasteiger partial charge >= 0.3 is 5.97 Å². The number of rotatable bonds is 4. The van der Waals surface area contributed by atoms with Gasteiger partial charge in [-0.3, -0.25) is 9.59 Å². The predicted octanol–water partition coefficient (Wildman–Crippen LogP) is 3.40. The Labute approximate surface area is 141 Å². The van der Waals surface area contributed by atoms with Crippen LogP contribution in [-0.4, -0.2) is 23.0 Å². The van der Waals surface area contributed by atoms with Crippen LogP contribution < -0.4 is 5.32 Å². The molecule has 1 aromatic carbocycles. The summed E-state index contributed by atoms with van der Waals surface area (Å²) >= 11 is 0. The van der Waals surface area contributed by atoms with E-state index in [-0.39, 0.29) is 23.7 Å². The number of hydrogen-bond acceptors (Lipinski definition) is 2. The van der Waals surface area contributed by atoms with Crippen molar-refractivity contribution in [3.63, 3.8) is 0 Å². The fourth-order valence-corrected chi connectivity index (χ4v) is 4.23. The summed E-state index contributed by atoms with van der Waals surface area (Å²) < 4.78 is 13.3. The first-order chi connectivity index (χ1) is 11.5. The Bertz CT molecular complexity index is 608. The van der Waals surface area contributed by atoms with Gasteiger partial charge in [0.25, 0.3) is 0 Å². The molecule has 0 radical (unpaired) electrons. The number of carboxylic acid groups (broad SMARTS) is 1. The van der Waals surface area contributed by atoms with Crippen LogP contribution in [-0.2, 0) is 15.0 Å². The summed E-state index contributed by atoms with van der Waals surface area (Å²) in [5.74, 6) is -1.46. The molecule has 24 heavy (non-hydrogen) atoms. The molecule has 3 rings (SSSR count). The molecule has 0 aliphatic heterocycles. The third kappa shape index (κ3) is 3.30. The minimum absolute atomic E-state index is 0.0233. The Morgan fingerprint density at radius 2 is 1.75 bits per heavy atom. The highest BCUT2D eigenvalue weighted by molar-refractivity contribution is 5.88. The maximum atomic E-state index is 13.3. The van der Waals surface area contributed by atoms with E-state index in [0.29, 0.717) is 19.3 Å². The van der Waals surface area contributed by atoms with Gasteiger partial charge in [-0.25, -0.2) is 4.39 Å². The number of benzene rings is 1. The third-order valence-electron chi connectivity index (χ3n) is 5.66. The first-order valence-corrected chi connectivity index (χ1v) is 8.81. The quantitative estimate of drug-likeness (QED) is 0.887. The Balaban J connectivity index is 1.77. The van der Waals surface area contributed by atoms with E-state index in [1.165, 1.54) is 12.1 Å². The van der Waals surface area contributed by atoms with Crippen molar-refractivity contribution in [2.45, 2.75) is 62.8 Å². The van der Waals surface area contributed by atoms with Gasteiger partial charge in [-0.2, -0.15) is 0 Å². The molecule has 1 aromatic rings. The molecule has 130 valence electrons. The lowest BCUT2D eigenvalue weighted by molar-refractivity contribution is -0.141. The highest BCUT2D eigenvalue weighted by atomic mass is 19.1. The monoisotopic (exact) mass is 333 g/mol. The molecule has 2 saturated carbocycles. The van der Waals surface area contributed by atoms with Crippen molar-refractivity contribution in [1.82, 2.24) is 5.32 Å². The van der Waals surface area contributed by atoms with E-state index >= 15 is 0 Å². The Hall–Kier alpha value is -1.91. The Morgan fingerprint density at radius 3 is 2.33 bits per heavy atom. The van der Waals surface area contributed by atoms with Gasteiger partial charge in [0, 0.05) is 6.04 Å². The van der Waals surface area contributed by atoms with Gasteiger partial charge in [-0.05, 0) is 49.8 Å². The van der Waals surface area contributed by atoms with E-state index in [0.717, 1.165) is 37.7 Å². The molecule has 4 nitrogen and oxygen atoms in total. The average molecular weight is 333 g/mol. The van der Waals surface area contributed by atoms with E-state index in [2.05, 4.69) is 5.32 Å². The summed E-state index contributed by atoms with van der Waals surface area (Å²) in [4.78, 5) is 24.2. The standard InChI is InChI=1S/C19H24FNO3/c20-15-7-5-14(6-8-15)19(10-2-1-3-11-19)18(24)21-16-9-4-13(12-16)17(22)23/h5-8,13,16H,1-4,9-12H2,(H,21,24)(H,22,23)/t13-,16+/m1/s1. The number of carbonyl (C=O) groups excluding carboxylic acids is 1. The molecule has 0 unspecified atom stereocenters. The normalized spacial score (nSPS) is 26.0. The van der Waals surface area contributed by atoms with Crippen molar-refractivity contribution in [2.24, 2.45) is 5.92 Å². The van der Waals surface area contributed by atoms with E-state index in [9.17, 15) is 14.0 Å². The zero-order valence-electron chi connectivity index (χ0n) is 13.8. The van der Waals surface area contributed by atoms with Gasteiger partial charge in [0.1, 0.15) is 5.82 Å². The van der Waals surface area contributed by atoms with Crippen LogP contribution in [0.15, 0.2) is 24.3 Å². The summed E-state index contributed by atoms with van der Waals surface area (Å²) in [6.45, 7) is 0. The molecule has 1 amide bonds. The first-order valence-electron chi connectivity index (χ1n) is 8.81. The van der Waals surface area contributed by atoms with Gasteiger partial charge in [0.15, 0.2) is 0 Å². The van der Waals surface area contributed by atoms with Crippen LogP contribution in [0.1, 0.15) is 56.9 Å². The molecule has 2 aliphatic carbocycles. The first kappa shape index (κ1) is 16.9. The second kappa shape index (κ2) is 6.91. The minimum atomic E-state index is -0.780. The van der Waals surface area contributed by atoms with Crippen molar-refractivity contribution in [1.29, 1.82) is 0 Å². The summed E-state index contributed by atoms with van der Waals surface area (Å²) in [6.07, 6.45) is 6.42. The molecular formula is C19H24FNO3. The molecule has 2 atom stereocenters. The molecule has 5 heteroatoms. The highest BCUT2D eigenvalue weighted by Gasteiger charge is 2.42. The van der Waals surface area contributed by atoms with E-state index < -0.39 is 11.4 Å². The molecular weight excluding hydrogens is 309 g/mol. The molecule has 0 bridgehead atoms. The second-order valence-corrected chi connectivity index (χ2v) is 7.17. The summed E-state index contributed by atoms with van der Waals surface area (Å²) in [5, 5.41) is 12.2. The number of hydrogen-bond donors (Lipinski definition) is 2. The zero-order chi connectivity index (χ0) is 17.2. The van der Waals surface area contributed by atoms with Crippen molar-refractivity contribution in [2.75, 3.05) is 0 Å². The lowest BCUT2D eigenvalue weighted by atomic mass is 9.68. The largest absolute Gasteiger partial charge is 0.481 e. The molecule has 0 aromatic heterocycles. The minimum Gasteiger partial charge on any atom is -0.481 e. The van der Waals surface area contributed by atoms with Crippen molar-refractivity contribution in [3.05, 3.63) is 35.6 Å². The van der Waals surface area contributed by atoms with Gasteiger partial charge < -0.3 is 10.4 Å². The summed E-state index contributed by atoms with van der Waals surface area (Å²) in [7, 11) is 0. The SMILES string of the molecule is O=C(O)[C@@H]1CC[C@H](NC(=O)C2(c3ccc(F)cc3)CCCCC2)C1. The van der Waals surface area contributed by atoms with Gasteiger partial charge in [-0.15, -0.1) is 0 Å². The zero-order valence-corrected chi connectivity index (χ0v) is 13.8. The molecule has 2 fully saturated rings. The number of halogens is 1. The van der Waals surface area contributed by atoms with Gasteiger partial charge in [0.2, 0.25) is 5.91 Å². The van der Waals surface area contributed by atoms with Gasteiger partial charge in [-0.1, -0.05) is 31.4 Å². The van der Waals surface area contributed by atoms with E-state index in [1.807, 2.05) is 0 Å². The average Bonchev–Trinajstić information content (AvgIpc) is 3.05. The highest BCUT2D eigenvalue weighted by Crippen LogP contribution is 2.40. The lowest BCUT2D eigenvalue weighted by Gasteiger charge is -2.37. The number of aliphatic carboxylic acids is 1. The second-order valence-electron chi connectivity index (χ2n) is 7.17.